The highest BCUT2D eigenvalue weighted by atomic mass is 16.5. The van der Waals surface area contributed by atoms with Crippen LogP contribution in [0.4, 0.5) is 0 Å². The van der Waals surface area contributed by atoms with Gasteiger partial charge < -0.3 is 15.4 Å². The number of hydrogen-bond donors (Lipinski definition) is 2. The van der Waals surface area contributed by atoms with Gasteiger partial charge >= 0.3 is 0 Å². The molecule has 122 valence electrons. The zero-order chi connectivity index (χ0) is 16.1. The van der Waals surface area contributed by atoms with Crippen molar-refractivity contribution in [2.24, 2.45) is 5.92 Å². The van der Waals surface area contributed by atoms with E-state index in [4.69, 9.17) is 4.74 Å². The van der Waals surface area contributed by atoms with Crippen molar-refractivity contribution in [1.82, 2.24) is 10.6 Å². The minimum atomic E-state index is 0.363. The van der Waals surface area contributed by atoms with Crippen molar-refractivity contribution in [3.8, 4) is 5.75 Å². The molecule has 1 aliphatic rings. The maximum Gasteiger partial charge on any atom is 0.123 e. The SMILES string of the molecule is COc1ccccc1CN[C@H]1C[C@H](C)CN[C@H]1c1ccccc1. The second-order valence-electron chi connectivity index (χ2n) is 6.44. The van der Waals surface area contributed by atoms with E-state index in [9.17, 15) is 0 Å². The maximum atomic E-state index is 5.46. The summed E-state index contributed by atoms with van der Waals surface area (Å²) in [6.45, 7) is 4.21. The van der Waals surface area contributed by atoms with E-state index in [1.807, 2.05) is 12.1 Å². The molecule has 3 heteroatoms. The topological polar surface area (TPSA) is 33.3 Å². The molecule has 0 bridgehead atoms. The van der Waals surface area contributed by atoms with Crippen LogP contribution in [-0.2, 0) is 6.54 Å². The Labute approximate surface area is 139 Å². The summed E-state index contributed by atoms with van der Waals surface area (Å²) in [5, 5.41) is 7.46. The molecule has 1 aliphatic heterocycles. The number of hydrogen-bond acceptors (Lipinski definition) is 3. The minimum absolute atomic E-state index is 0.363. The van der Waals surface area contributed by atoms with E-state index in [0.717, 1.165) is 18.8 Å². The molecule has 1 heterocycles. The third kappa shape index (κ3) is 3.92. The first-order valence-corrected chi connectivity index (χ1v) is 8.41. The zero-order valence-corrected chi connectivity index (χ0v) is 14.0. The van der Waals surface area contributed by atoms with Crippen LogP contribution in [0.25, 0.3) is 0 Å². The van der Waals surface area contributed by atoms with Gasteiger partial charge in [0.1, 0.15) is 5.75 Å². The Hall–Kier alpha value is -1.84. The van der Waals surface area contributed by atoms with Crippen LogP contribution in [0.2, 0.25) is 0 Å². The van der Waals surface area contributed by atoms with Gasteiger partial charge in [-0.05, 0) is 30.5 Å². The highest BCUT2D eigenvalue weighted by molar-refractivity contribution is 5.33. The number of piperidine rings is 1. The molecule has 0 spiro atoms. The molecule has 0 aromatic heterocycles. The van der Waals surface area contributed by atoms with E-state index in [0.29, 0.717) is 18.0 Å². The Kier molecular flexibility index (Phi) is 5.31. The largest absolute Gasteiger partial charge is 0.496 e. The summed E-state index contributed by atoms with van der Waals surface area (Å²) in [5.41, 5.74) is 2.57. The lowest BCUT2D eigenvalue weighted by Gasteiger charge is -2.37. The molecule has 3 rings (SSSR count). The van der Waals surface area contributed by atoms with Gasteiger partial charge in [-0.1, -0.05) is 55.5 Å². The predicted molar refractivity (Wildman–Crippen MR) is 94.6 cm³/mol. The third-order valence-electron chi connectivity index (χ3n) is 4.65. The van der Waals surface area contributed by atoms with Crippen LogP contribution in [0.5, 0.6) is 5.75 Å². The Morgan fingerprint density at radius 3 is 2.61 bits per heavy atom. The molecule has 0 aliphatic carbocycles. The molecule has 3 nitrogen and oxygen atoms in total. The Bertz CT molecular complexity index is 614. The van der Waals surface area contributed by atoms with Crippen LogP contribution >= 0.6 is 0 Å². The summed E-state index contributed by atoms with van der Waals surface area (Å²) in [4.78, 5) is 0. The highest BCUT2D eigenvalue weighted by Gasteiger charge is 2.29. The average Bonchev–Trinajstić information content (AvgIpc) is 2.61. The van der Waals surface area contributed by atoms with Gasteiger partial charge in [0.15, 0.2) is 0 Å². The molecule has 23 heavy (non-hydrogen) atoms. The Balaban J connectivity index is 1.72. The van der Waals surface area contributed by atoms with Crippen molar-refractivity contribution in [3.63, 3.8) is 0 Å². The number of nitrogens with one attached hydrogen (secondary N) is 2. The van der Waals surface area contributed by atoms with Gasteiger partial charge in [-0.3, -0.25) is 0 Å². The van der Waals surface area contributed by atoms with Gasteiger partial charge in [-0.2, -0.15) is 0 Å². The predicted octanol–water partition coefficient (Wildman–Crippen LogP) is 3.52. The van der Waals surface area contributed by atoms with Crippen molar-refractivity contribution >= 4 is 0 Å². The van der Waals surface area contributed by atoms with Gasteiger partial charge in [-0.15, -0.1) is 0 Å². The third-order valence-corrected chi connectivity index (χ3v) is 4.65. The van der Waals surface area contributed by atoms with Crippen molar-refractivity contribution in [3.05, 3.63) is 65.7 Å². The van der Waals surface area contributed by atoms with E-state index in [2.05, 4.69) is 60.0 Å². The van der Waals surface area contributed by atoms with Crippen molar-refractivity contribution in [1.29, 1.82) is 0 Å². The van der Waals surface area contributed by atoms with Gasteiger partial charge in [0.05, 0.1) is 7.11 Å². The molecule has 0 radical (unpaired) electrons. The molecule has 0 saturated carbocycles. The van der Waals surface area contributed by atoms with Crippen LogP contribution in [0.1, 0.15) is 30.5 Å². The smallest absolute Gasteiger partial charge is 0.123 e. The van der Waals surface area contributed by atoms with E-state index in [1.165, 1.54) is 17.5 Å². The average molecular weight is 310 g/mol. The van der Waals surface area contributed by atoms with Crippen LogP contribution < -0.4 is 15.4 Å². The van der Waals surface area contributed by atoms with E-state index in [-0.39, 0.29) is 0 Å². The summed E-state index contributed by atoms with van der Waals surface area (Å²) in [7, 11) is 1.73. The van der Waals surface area contributed by atoms with Crippen LogP contribution in [-0.4, -0.2) is 19.7 Å². The molecule has 0 amide bonds. The fraction of sp³-hybridized carbons (Fsp3) is 0.400. The monoisotopic (exact) mass is 310 g/mol. The minimum Gasteiger partial charge on any atom is -0.496 e. The summed E-state index contributed by atoms with van der Waals surface area (Å²) >= 11 is 0. The van der Waals surface area contributed by atoms with Crippen molar-refractivity contribution < 1.29 is 4.74 Å². The number of benzene rings is 2. The summed E-state index contributed by atoms with van der Waals surface area (Å²) < 4.78 is 5.46. The number of rotatable bonds is 5. The molecular weight excluding hydrogens is 284 g/mol. The first-order valence-electron chi connectivity index (χ1n) is 8.41. The van der Waals surface area contributed by atoms with Crippen molar-refractivity contribution in [2.75, 3.05) is 13.7 Å². The summed E-state index contributed by atoms with van der Waals surface area (Å²) in [6, 6.07) is 19.8. The van der Waals surface area contributed by atoms with E-state index < -0.39 is 0 Å². The van der Waals surface area contributed by atoms with Crippen molar-refractivity contribution in [2.45, 2.75) is 32.0 Å². The van der Waals surface area contributed by atoms with Gasteiger partial charge in [-0.25, -0.2) is 0 Å². The number of methoxy groups -OCH3 is 1. The quantitative estimate of drug-likeness (QED) is 0.886. The van der Waals surface area contributed by atoms with Gasteiger partial charge in [0.2, 0.25) is 0 Å². The lowest BCUT2D eigenvalue weighted by molar-refractivity contribution is 0.250. The first-order chi connectivity index (χ1) is 11.3. The molecule has 1 saturated heterocycles. The molecule has 2 N–H and O–H groups in total. The fourth-order valence-corrected chi connectivity index (χ4v) is 3.43. The standard InChI is InChI=1S/C20H26N2O/c1-15-12-18(20(22-13-15)16-8-4-3-5-9-16)21-14-17-10-6-7-11-19(17)23-2/h3-11,15,18,20-22H,12-14H2,1-2H3/t15-,18-,20-/m0/s1. The van der Waals surface area contributed by atoms with E-state index in [1.54, 1.807) is 7.11 Å². The number of ether oxygens (including phenoxy) is 1. The molecule has 2 aromatic rings. The van der Waals surface area contributed by atoms with Crippen LogP contribution in [0, 0.1) is 5.92 Å². The fourth-order valence-electron chi connectivity index (χ4n) is 3.43. The summed E-state index contributed by atoms with van der Waals surface area (Å²) in [6.07, 6.45) is 1.18. The van der Waals surface area contributed by atoms with Crippen LogP contribution in [0.3, 0.4) is 0 Å². The highest BCUT2D eigenvalue weighted by Crippen LogP contribution is 2.27. The second-order valence-corrected chi connectivity index (χ2v) is 6.44. The summed E-state index contributed by atoms with van der Waals surface area (Å²) in [5.74, 6) is 1.64. The maximum absolute atomic E-state index is 5.46. The second kappa shape index (κ2) is 7.62. The Morgan fingerprint density at radius 1 is 1.09 bits per heavy atom. The molecule has 1 fully saturated rings. The first kappa shape index (κ1) is 16.0. The lowest BCUT2D eigenvalue weighted by atomic mass is 9.87. The van der Waals surface area contributed by atoms with Crippen LogP contribution in [0.15, 0.2) is 54.6 Å². The molecule has 3 atom stereocenters. The molecule has 2 aromatic carbocycles. The molecular formula is C20H26N2O. The van der Waals surface area contributed by atoms with Gasteiger partial charge in [0.25, 0.3) is 0 Å². The zero-order valence-electron chi connectivity index (χ0n) is 14.0. The Morgan fingerprint density at radius 2 is 1.83 bits per heavy atom. The lowest BCUT2D eigenvalue weighted by Crippen LogP contribution is -2.48. The van der Waals surface area contributed by atoms with E-state index >= 15 is 0 Å². The normalized spacial score (nSPS) is 24.3. The van der Waals surface area contributed by atoms with Gasteiger partial charge in [0, 0.05) is 24.2 Å². The molecule has 0 unspecified atom stereocenters. The number of para-hydroxylation sites is 1.